The highest BCUT2D eigenvalue weighted by Gasteiger charge is 2.37. The van der Waals surface area contributed by atoms with E-state index in [0.717, 1.165) is 17.0 Å². The first kappa shape index (κ1) is 15.0. The fourth-order valence-corrected chi connectivity index (χ4v) is 3.46. The molecule has 0 N–H and O–H groups in total. The van der Waals surface area contributed by atoms with Crippen molar-refractivity contribution in [2.24, 2.45) is 4.99 Å². The van der Waals surface area contributed by atoms with Crippen LogP contribution >= 0.6 is 7.60 Å². The molecule has 0 amide bonds. The molecule has 1 aromatic carbocycles. The molecule has 0 fully saturated rings. The van der Waals surface area contributed by atoms with Crippen molar-refractivity contribution in [3.8, 4) is 0 Å². The Morgan fingerprint density at radius 2 is 1.80 bits per heavy atom. The predicted molar refractivity (Wildman–Crippen MR) is 81.0 cm³/mol. The third-order valence-corrected chi connectivity index (χ3v) is 5.22. The first-order valence-corrected chi connectivity index (χ1v) is 7.86. The molecule has 1 aliphatic heterocycles. The van der Waals surface area contributed by atoms with E-state index in [0.29, 0.717) is 0 Å². The van der Waals surface area contributed by atoms with Gasteiger partial charge in [-0.25, -0.2) is 4.99 Å². The molecule has 2 rings (SSSR count). The van der Waals surface area contributed by atoms with Crippen LogP contribution in [0.5, 0.6) is 0 Å². The second-order valence-electron chi connectivity index (χ2n) is 4.62. The van der Waals surface area contributed by atoms with Crippen molar-refractivity contribution in [2.75, 3.05) is 28.3 Å². The van der Waals surface area contributed by atoms with E-state index in [-0.39, 0.29) is 0 Å². The fraction of sp³-hybridized carbons (Fsp3) is 0.357. The van der Waals surface area contributed by atoms with Gasteiger partial charge in [-0.05, 0) is 17.2 Å². The van der Waals surface area contributed by atoms with Crippen LogP contribution in [0, 0.1) is 0 Å². The van der Waals surface area contributed by atoms with Gasteiger partial charge in [0.15, 0.2) is 5.78 Å². The lowest BCUT2D eigenvalue weighted by molar-refractivity contribution is 0.266. The second kappa shape index (κ2) is 5.92. The number of hydrogen-bond donors (Lipinski definition) is 0. The molecule has 1 unspecified atom stereocenters. The third-order valence-electron chi connectivity index (χ3n) is 3.21. The molecule has 108 valence electrons. The average Bonchev–Trinajstić information content (AvgIpc) is 2.66. The zero-order chi connectivity index (χ0) is 14.8. The summed E-state index contributed by atoms with van der Waals surface area (Å²) in [6.45, 7) is 0. The number of aliphatic imine (C=N–C) groups is 1. The summed E-state index contributed by atoms with van der Waals surface area (Å²) < 4.78 is 23.1. The van der Waals surface area contributed by atoms with E-state index in [1.165, 1.54) is 14.2 Å². The van der Waals surface area contributed by atoms with Crippen molar-refractivity contribution in [2.45, 2.75) is 5.78 Å². The number of amidine groups is 1. The molecule has 1 aromatic rings. The zero-order valence-electron chi connectivity index (χ0n) is 12.1. The first-order valence-electron chi connectivity index (χ1n) is 6.25. The van der Waals surface area contributed by atoms with Gasteiger partial charge in [0.1, 0.15) is 5.84 Å². The molecule has 0 aliphatic carbocycles. The standard InChI is InChI=1S/C14H19N2O3P/c1-16(2)13-10-9-11-7-5-6-8-12(11)14(15-13)20(17,18-3)19-4/h5-10,14H,1-4H3. The number of benzene rings is 1. The van der Waals surface area contributed by atoms with Crippen LogP contribution in [-0.4, -0.2) is 39.1 Å². The fourth-order valence-electron chi connectivity index (χ4n) is 2.08. The van der Waals surface area contributed by atoms with Gasteiger partial charge in [-0.3, -0.25) is 4.57 Å². The van der Waals surface area contributed by atoms with Gasteiger partial charge < -0.3 is 13.9 Å². The van der Waals surface area contributed by atoms with Gasteiger partial charge >= 0.3 is 7.60 Å². The minimum Gasteiger partial charge on any atom is -0.363 e. The maximum Gasteiger partial charge on any atom is 0.359 e. The van der Waals surface area contributed by atoms with Crippen molar-refractivity contribution in [1.82, 2.24) is 4.90 Å². The monoisotopic (exact) mass is 294 g/mol. The molecule has 0 aromatic heterocycles. The van der Waals surface area contributed by atoms with Crippen LogP contribution < -0.4 is 0 Å². The van der Waals surface area contributed by atoms with Gasteiger partial charge in [-0.15, -0.1) is 0 Å². The number of fused-ring (bicyclic) bond motifs is 1. The summed E-state index contributed by atoms with van der Waals surface area (Å²) in [7, 11) is 3.20. The van der Waals surface area contributed by atoms with Crippen molar-refractivity contribution in [3.63, 3.8) is 0 Å². The van der Waals surface area contributed by atoms with Crippen LogP contribution in [0.1, 0.15) is 16.9 Å². The summed E-state index contributed by atoms with van der Waals surface area (Å²) in [5, 5.41) is 0. The predicted octanol–water partition coefficient (Wildman–Crippen LogP) is 3.16. The van der Waals surface area contributed by atoms with E-state index in [2.05, 4.69) is 4.99 Å². The van der Waals surface area contributed by atoms with Gasteiger partial charge in [0, 0.05) is 28.3 Å². The highest BCUT2D eigenvalue weighted by atomic mass is 31.2. The summed E-state index contributed by atoms with van der Waals surface area (Å²) in [6, 6.07) is 7.69. The Kier molecular flexibility index (Phi) is 4.43. The van der Waals surface area contributed by atoms with Crippen LogP contribution in [-0.2, 0) is 13.6 Å². The number of nitrogens with zero attached hydrogens (tertiary/aromatic N) is 2. The normalized spacial score (nSPS) is 18.2. The van der Waals surface area contributed by atoms with Crippen LogP contribution in [0.25, 0.3) is 6.08 Å². The summed E-state index contributed by atoms with van der Waals surface area (Å²) in [5.41, 5.74) is 1.81. The zero-order valence-corrected chi connectivity index (χ0v) is 13.0. The van der Waals surface area contributed by atoms with Crippen molar-refractivity contribution in [1.29, 1.82) is 0 Å². The van der Waals surface area contributed by atoms with Gasteiger partial charge in [-0.2, -0.15) is 0 Å². The molecular weight excluding hydrogens is 275 g/mol. The molecule has 0 radical (unpaired) electrons. The molecule has 5 nitrogen and oxygen atoms in total. The summed E-state index contributed by atoms with van der Waals surface area (Å²) in [6.07, 6.45) is 3.86. The topological polar surface area (TPSA) is 51.1 Å². The molecule has 6 heteroatoms. The molecule has 0 bridgehead atoms. The van der Waals surface area contributed by atoms with Crippen LogP contribution in [0.15, 0.2) is 35.3 Å². The minimum absolute atomic E-state index is 0.666. The summed E-state index contributed by atoms with van der Waals surface area (Å²) in [5.74, 6) is 0.0571. The van der Waals surface area contributed by atoms with Gasteiger partial charge in [0.05, 0.1) is 0 Å². The van der Waals surface area contributed by atoms with E-state index in [1.54, 1.807) is 0 Å². The first-order chi connectivity index (χ1) is 9.51. The summed E-state index contributed by atoms with van der Waals surface area (Å²) >= 11 is 0. The molecule has 1 heterocycles. The van der Waals surface area contributed by atoms with Crippen LogP contribution in [0.3, 0.4) is 0 Å². The molecule has 1 atom stereocenters. The van der Waals surface area contributed by atoms with Gasteiger partial charge in [0.2, 0.25) is 0 Å². The maximum atomic E-state index is 12.8. The quantitative estimate of drug-likeness (QED) is 0.804. The third kappa shape index (κ3) is 2.70. The lowest BCUT2D eigenvalue weighted by Crippen LogP contribution is -2.20. The summed E-state index contributed by atoms with van der Waals surface area (Å²) in [4.78, 5) is 6.44. The number of hydrogen-bond acceptors (Lipinski definition) is 5. The Morgan fingerprint density at radius 3 is 2.40 bits per heavy atom. The highest BCUT2D eigenvalue weighted by Crippen LogP contribution is 2.61. The van der Waals surface area contributed by atoms with E-state index < -0.39 is 13.4 Å². The molecule has 0 saturated heterocycles. The van der Waals surface area contributed by atoms with Crippen molar-refractivity contribution in [3.05, 3.63) is 41.5 Å². The molecular formula is C14H19N2O3P. The molecule has 20 heavy (non-hydrogen) atoms. The van der Waals surface area contributed by atoms with E-state index in [9.17, 15) is 4.57 Å². The molecule has 0 spiro atoms. The van der Waals surface area contributed by atoms with E-state index in [4.69, 9.17) is 9.05 Å². The van der Waals surface area contributed by atoms with Gasteiger partial charge in [-0.1, -0.05) is 30.3 Å². The van der Waals surface area contributed by atoms with E-state index in [1.807, 2.05) is 55.4 Å². The Hall–Kier alpha value is -1.42. The SMILES string of the molecule is COP(=O)(OC)C1N=C(N(C)C)C=Cc2ccccc21. The van der Waals surface area contributed by atoms with Crippen molar-refractivity contribution >= 4 is 19.5 Å². The van der Waals surface area contributed by atoms with Crippen LogP contribution in [0.2, 0.25) is 0 Å². The number of likely N-dealkylation sites (N-methyl/N-ethyl adjacent to an activating group) is 1. The minimum atomic E-state index is -3.35. The van der Waals surface area contributed by atoms with Crippen LogP contribution in [0.4, 0.5) is 0 Å². The Morgan fingerprint density at radius 1 is 1.15 bits per heavy atom. The highest BCUT2D eigenvalue weighted by molar-refractivity contribution is 7.54. The Balaban J connectivity index is 2.62. The average molecular weight is 294 g/mol. The smallest absolute Gasteiger partial charge is 0.359 e. The largest absolute Gasteiger partial charge is 0.363 e. The van der Waals surface area contributed by atoms with E-state index >= 15 is 0 Å². The van der Waals surface area contributed by atoms with Crippen molar-refractivity contribution < 1.29 is 13.6 Å². The lowest BCUT2D eigenvalue weighted by atomic mass is 10.1. The number of rotatable bonds is 3. The molecule has 0 saturated carbocycles. The second-order valence-corrected chi connectivity index (χ2v) is 6.92. The lowest BCUT2D eigenvalue weighted by Gasteiger charge is -2.23. The van der Waals surface area contributed by atoms with Gasteiger partial charge in [0.25, 0.3) is 0 Å². The Bertz CT molecular complexity index is 588. The molecule has 1 aliphatic rings. The Labute approximate surface area is 119 Å². The maximum absolute atomic E-state index is 12.8.